The molecule has 0 atom stereocenters. The Labute approximate surface area is 202 Å². The van der Waals surface area contributed by atoms with Gasteiger partial charge in [0, 0.05) is 30.9 Å². The molecule has 0 saturated heterocycles. The minimum atomic E-state index is 0.458. The number of hydrogen-bond acceptors (Lipinski definition) is 7. The van der Waals surface area contributed by atoms with Gasteiger partial charge in [-0.3, -0.25) is 4.79 Å². The molecule has 5 rings (SSSR count). The van der Waals surface area contributed by atoms with Crippen molar-refractivity contribution in [3.8, 4) is 34.0 Å². The molecule has 0 radical (unpaired) electrons. The van der Waals surface area contributed by atoms with Crippen molar-refractivity contribution >= 4 is 6.29 Å². The van der Waals surface area contributed by atoms with Crippen LogP contribution in [0, 0.1) is 0 Å². The van der Waals surface area contributed by atoms with Gasteiger partial charge in [0.1, 0.15) is 17.2 Å². The van der Waals surface area contributed by atoms with Crippen LogP contribution in [0.4, 0.5) is 0 Å². The number of unbranched alkanes of at least 4 members (excludes halogenated alkanes) is 1. The van der Waals surface area contributed by atoms with Crippen LogP contribution in [0.2, 0.25) is 0 Å². The quantitative estimate of drug-likeness (QED) is 0.322. The van der Waals surface area contributed by atoms with Gasteiger partial charge in [0.2, 0.25) is 5.82 Å². The molecule has 174 valence electrons. The number of hydrogen-bond donors (Lipinski definition) is 1. The average Bonchev–Trinajstić information content (AvgIpc) is 3.57. The summed E-state index contributed by atoms with van der Waals surface area (Å²) in [5.41, 5.74) is 5.04. The van der Waals surface area contributed by atoms with Crippen molar-refractivity contribution < 1.29 is 4.79 Å². The van der Waals surface area contributed by atoms with Gasteiger partial charge >= 0.3 is 0 Å². The summed E-state index contributed by atoms with van der Waals surface area (Å²) in [4.78, 5) is 25.5. The summed E-state index contributed by atoms with van der Waals surface area (Å²) in [5, 5.41) is 14.4. The molecule has 2 aromatic carbocycles. The SMILES string of the molecule is CCCCc1nc(-c2ncccn2)c(C=O)n1Cc1ccc(-c2ccccc2-c2nn[nH]n2)cc1. The topological polar surface area (TPSA) is 115 Å². The van der Waals surface area contributed by atoms with E-state index in [0.29, 0.717) is 29.6 Å². The summed E-state index contributed by atoms with van der Waals surface area (Å²) in [6.07, 6.45) is 6.97. The van der Waals surface area contributed by atoms with Crippen LogP contribution in [0.25, 0.3) is 34.0 Å². The molecule has 0 aliphatic rings. The summed E-state index contributed by atoms with van der Waals surface area (Å²) in [5.74, 6) is 1.87. The number of nitrogens with zero attached hydrogens (tertiary/aromatic N) is 7. The molecule has 9 nitrogen and oxygen atoms in total. The summed E-state index contributed by atoms with van der Waals surface area (Å²) in [6, 6.07) is 18.0. The Kier molecular flexibility index (Phi) is 6.47. The molecule has 9 heteroatoms. The summed E-state index contributed by atoms with van der Waals surface area (Å²) in [6.45, 7) is 2.67. The lowest BCUT2D eigenvalue weighted by Crippen LogP contribution is -2.09. The van der Waals surface area contributed by atoms with E-state index >= 15 is 0 Å². The summed E-state index contributed by atoms with van der Waals surface area (Å²) >= 11 is 0. The maximum Gasteiger partial charge on any atom is 0.205 e. The Morgan fingerprint density at radius 3 is 2.40 bits per heavy atom. The molecule has 3 heterocycles. The van der Waals surface area contributed by atoms with Crippen LogP contribution >= 0.6 is 0 Å². The number of carbonyl (C=O) groups is 1. The lowest BCUT2D eigenvalue weighted by molar-refractivity contribution is 0.111. The first-order chi connectivity index (χ1) is 17.3. The van der Waals surface area contributed by atoms with E-state index < -0.39 is 0 Å². The van der Waals surface area contributed by atoms with Crippen LogP contribution in [0.5, 0.6) is 0 Å². The highest BCUT2D eigenvalue weighted by Crippen LogP contribution is 2.30. The van der Waals surface area contributed by atoms with Crippen LogP contribution in [0.3, 0.4) is 0 Å². The highest BCUT2D eigenvalue weighted by molar-refractivity contribution is 5.82. The molecule has 0 bridgehead atoms. The first-order valence-electron chi connectivity index (χ1n) is 11.5. The third-order valence-corrected chi connectivity index (χ3v) is 5.85. The predicted molar refractivity (Wildman–Crippen MR) is 131 cm³/mol. The Balaban J connectivity index is 1.48. The molecule has 0 fully saturated rings. The highest BCUT2D eigenvalue weighted by atomic mass is 16.1. The first kappa shape index (κ1) is 22.3. The van der Waals surface area contributed by atoms with Gasteiger partial charge in [-0.15, -0.1) is 10.2 Å². The van der Waals surface area contributed by atoms with Crippen LogP contribution in [0.15, 0.2) is 67.0 Å². The van der Waals surface area contributed by atoms with Gasteiger partial charge in [-0.25, -0.2) is 15.0 Å². The number of aryl methyl sites for hydroxylation is 1. The number of benzene rings is 2. The summed E-state index contributed by atoms with van der Waals surface area (Å²) in [7, 11) is 0. The number of H-pyrrole nitrogens is 1. The smallest absolute Gasteiger partial charge is 0.205 e. The molecule has 5 aromatic rings. The van der Waals surface area contributed by atoms with Gasteiger partial charge < -0.3 is 4.57 Å². The van der Waals surface area contributed by atoms with E-state index in [9.17, 15) is 4.79 Å². The molecular formula is C26H24N8O. The van der Waals surface area contributed by atoms with E-state index in [2.05, 4.69) is 61.8 Å². The monoisotopic (exact) mass is 464 g/mol. The Bertz CT molecular complexity index is 1410. The van der Waals surface area contributed by atoms with Crippen molar-refractivity contribution in [2.75, 3.05) is 0 Å². The largest absolute Gasteiger partial charge is 0.321 e. The van der Waals surface area contributed by atoms with E-state index in [1.54, 1.807) is 18.5 Å². The second-order valence-electron chi connectivity index (χ2n) is 8.12. The van der Waals surface area contributed by atoms with E-state index in [0.717, 1.165) is 53.6 Å². The van der Waals surface area contributed by atoms with Crippen molar-refractivity contribution in [2.45, 2.75) is 32.7 Å². The van der Waals surface area contributed by atoms with Gasteiger partial charge in [-0.1, -0.05) is 61.9 Å². The molecule has 0 amide bonds. The second-order valence-corrected chi connectivity index (χ2v) is 8.12. The normalized spacial score (nSPS) is 11.0. The van der Waals surface area contributed by atoms with Crippen molar-refractivity contribution in [1.29, 1.82) is 0 Å². The number of nitrogens with one attached hydrogen (secondary N) is 1. The first-order valence-corrected chi connectivity index (χ1v) is 11.5. The Morgan fingerprint density at radius 1 is 0.943 bits per heavy atom. The maximum atomic E-state index is 12.2. The number of aldehydes is 1. The molecule has 1 N–H and O–H groups in total. The average molecular weight is 465 g/mol. The molecule has 3 aromatic heterocycles. The fraction of sp³-hybridized carbons (Fsp3) is 0.192. The lowest BCUT2D eigenvalue weighted by atomic mass is 9.98. The number of rotatable bonds is 9. The number of carbonyl (C=O) groups excluding carboxylic acids is 1. The van der Waals surface area contributed by atoms with Crippen LogP contribution in [-0.2, 0) is 13.0 Å². The standard InChI is InChI=1S/C26H24N8O/c1-2-3-9-23-29-24(26-27-14-6-15-28-26)22(17-35)34(23)16-18-10-12-19(13-11-18)20-7-4-5-8-21(20)25-30-32-33-31-25/h4-8,10-15,17H,2-3,9,16H2,1H3,(H,30,31,32,33). The van der Waals surface area contributed by atoms with Crippen LogP contribution < -0.4 is 0 Å². The minimum Gasteiger partial charge on any atom is -0.321 e. The molecule has 0 aliphatic heterocycles. The number of aromatic amines is 1. The third kappa shape index (κ3) is 4.61. The lowest BCUT2D eigenvalue weighted by Gasteiger charge is -2.11. The molecule has 0 spiro atoms. The van der Waals surface area contributed by atoms with Crippen molar-refractivity contribution in [1.82, 2.24) is 40.1 Å². The number of tetrazole rings is 1. The number of aromatic nitrogens is 8. The molecular weight excluding hydrogens is 440 g/mol. The predicted octanol–water partition coefficient (Wildman–Crippen LogP) is 4.39. The Morgan fingerprint density at radius 2 is 1.71 bits per heavy atom. The van der Waals surface area contributed by atoms with Gasteiger partial charge in [0.15, 0.2) is 12.1 Å². The molecule has 0 unspecified atom stereocenters. The minimum absolute atomic E-state index is 0.458. The summed E-state index contributed by atoms with van der Waals surface area (Å²) < 4.78 is 1.98. The van der Waals surface area contributed by atoms with E-state index in [-0.39, 0.29) is 0 Å². The van der Waals surface area contributed by atoms with Gasteiger partial charge in [0.25, 0.3) is 0 Å². The highest BCUT2D eigenvalue weighted by Gasteiger charge is 2.20. The van der Waals surface area contributed by atoms with Gasteiger partial charge in [0.05, 0.1) is 0 Å². The van der Waals surface area contributed by atoms with Crippen molar-refractivity contribution in [2.24, 2.45) is 0 Å². The molecule has 0 saturated carbocycles. The zero-order valence-corrected chi connectivity index (χ0v) is 19.3. The van der Waals surface area contributed by atoms with E-state index in [4.69, 9.17) is 4.98 Å². The van der Waals surface area contributed by atoms with Crippen molar-refractivity contribution in [3.63, 3.8) is 0 Å². The molecule has 35 heavy (non-hydrogen) atoms. The van der Waals surface area contributed by atoms with E-state index in [1.807, 2.05) is 28.8 Å². The second kappa shape index (κ2) is 10.2. The zero-order chi connectivity index (χ0) is 24.0. The fourth-order valence-corrected chi connectivity index (χ4v) is 4.10. The fourth-order valence-electron chi connectivity index (χ4n) is 4.10. The van der Waals surface area contributed by atoms with Crippen LogP contribution in [0.1, 0.15) is 41.6 Å². The van der Waals surface area contributed by atoms with Crippen molar-refractivity contribution in [3.05, 3.63) is 84.1 Å². The van der Waals surface area contributed by atoms with Crippen LogP contribution in [-0.4, -0.2) is 46.4 Å². The zero-order valence-electron chi connectivity index (χ0n) is 19.3. The van der Waals surface area contributed by atoms with Gasteiger partial charge in [-0.2, -0.15) is 5.21 Å². The Hall–Kier alpha value is -4.53. The van der Waals surface area contributed by atoms with E-state index in [1.165, 1.54) is 0 Å². The van der Waals surface area contributed by atoms with Gasteiger partial charge in [-0.05, 0) is 34.4 Å². The third-order valence-electron chi connectivity index (χ3n) is 5.85. The molecule has 0 aliphatic carbocycles. The maximum absolute atomic E-state index is 12.2. The number of imidazole rings is 1.